The quantitative estimate of drug-likeness (QED) is 0.805. The van der Waals surface area contributed by atoms with E-state index in [0.717, 1.165) is 12.1 Å². The van der Waals surface area contributed by atoms with E-state index >= 15 is 0 Å². The van der Waals surface area contributed by atoms with Crippen LogP contribution in [-0.4, -0.2) is 22.6 Å². The number of rotatable bonds is 4. The minimum absolute atomic E-state index is 0.0707. The zero-order chi connectivity index (χ0) is 16.4. The maximum Gasteiger partial charge on any atom is 0.244 e. The molecule has 5 nitrogen and oxygen atoms in total. The highest BCUT2D eigenvalue weighted by molar-refractivity contribution is 5.91. The van der Waals surface area contributed by atoms with Crippen molar-refractivity contribution in [2.24, 2.45) is 0 Å². The number of methoxy groups -OCH3 is 1. The predicted octanol–water partition coefficient (Wildman–Crippen LogP) is 2.96. The smallest absolute Gasteiger partial charge is 0.244 e. The molecular weight excluding hydrogens is 304 g/mol. The van der Waals surface area contributed by atoms with Gasteiger partial charge in [-0.2, -0.15) is 0 Å². The Labute approximate surface area is 130 Å². The summed E-state index contributed by atoms with van der Waals surface area (Å²) in [6.45, 7) is -0.0707. The number of carbonyl (C=O) groups is 1. The van der Waals surface area contributed by atoms with Crippen molar-refractivity contribution < 1.29 is 18.3 Å². The average Bonchev–Trinajstić information content (AvgIpc) is 2.90. The largest absolute Gasteiger partial charge is 0.497 e. The summed E-state index contributed by atoms with van der Waals surface area (Å²) in [6.07, 6.45) is 1.37. The monoisotopic (exact) mass is 317 g/mol. The first-order chi connectivity index (χ1) is 11.1. The van der Waals surface area contributed by atoms with Crippen LogP contribution < -0.4 is 10.1 Å². The molecule has 0 bridgehead atoms. The van der Waals surface area contributed by atoms with E-state index < -0.39 is 11.6 Å². The molecule has 0 atom stereocenters. The van der Waals surface area contributed by atoms with Crippen molar-refractivity contribution in [2.45, 2.75) is 6.54 Å². The molecule has 7 heteroatoms. The third kappa shape index (κ3) is 3.13. The fourth-order valence-corrected chi connectivity index (χ4v) is 2.24. The molecule has 0 fully saturated rings. The third-order valence-electron chi connectivity index (χ3n) is 3.33. The molecular formula is C16H13F2N3O2. The minimum Gasteiger partial charge on any atom is -0.497 e. The molecule has 0 spiro atoms. The predicted molar refractivity (Wildman–Crippen MR) is 81.3 cm³/mol. The average molecular weight is 317 g/mol. The molecule has 3 rings (SSSR count). The van der Waals surface area contributed by atoms with Gasteiger partial charge in [0, 0.05) is 23.9 Å². The molecule has 0 aliphatic heterocycles. The van der Waals surface area contributed by atoms with Crippen LogP contribution in [0.3, 0.4) is 0 Å². The van der Waals surface area contributed by atoms with E-state index in [1.807, 2.05) is 0 Å². The first kappa shape index (κ1) is 15.0. The molecule has 0 saturated heterocycles. The molecule has 1 N–H and O–H groups in total. The summed E-state index contributed by atoms with van der Waals surface area (Å²) < 4.78 is 33.0. The van der Waals surface area contributed by atoms with E-state index in [1.165, 1.54) is 18.0 Å². The molecule has 0 saturated carbocycles. The Kier molecular flexibility index (Phi) is 3.92. The second-order valence-electron chi connectivity index (χ2n) is 4.91. The Balaban J connectivity index is 1.79. The van der Waals surface area contributed by atoms with Crippen LogP contribution in [0.2, 0.25) is 0 Å². The van der Waals surface area contributed by atoms with E-state index in [-0.39, 0.29) is 18.0 Å². The lowest BCUT2D eigenvalue weighted by molar-refractivity contribution is -0.116. The molecule has 1 aromatic heterocycles. The summed E-state index contributed by atoms with van der Waals surface area (Å²) in [5.74, 6) is -1.65. The highest BCUT2D eigenvalue weighted by atomic mass is 19.2. The van der Waals surface area contributed by atoms with Gasteiger partial charge in [-0.1, -0.05) is 6.07 Å². The second kappa shape index (κ2) is 6.04. The van der Waals surface area contributed by atoms with Crippen molar-refractivity contribution in [3.8, 4) is 5.75 Å². The van der Waals surface area contributed by atoms with E-state index in [9.17, 15) is 13.6 Å². The molecule has 2 aromatic carbocycles. The SMILES string of the molecule is COc1cccc(NC(=O)Cn2cnc3cc(F)c(F)cc32)c1. The van der Waals surface area contributed by atoms with E-state index in [2.05, 4.69) is 10.3 Å². The van der Waals surface area contributed by atoms with Gasteiger partial charge in [0.15, 0.2) is 11.6 Å². The standard InChI is InChI=1S/C16H13F2N3O2/c1-23-11-4-2-3-10(5-11)20-16(22)8-21-9-19-14-6-12(17)13(18)7-15(14)21/h2-7,9H,8H2,1H3,(H,20,22). The van der Waals surface area contributed by atoms with Gasteiger partial charge in [0.05, 0.1) is 24.5 Å². The number of fused-ring (bicyclic) bond motifs is 1. The van der Waals surface area contributed by atoms with Crippen molar-refractivity contribution >= 4 is 22.6 Å². The fourth-order valence-electron chi connectivity index (χ4n) is 2.24. The van der Waals surface area contributed by atoms with Crippen LogP contribution in [0.4, 0.5) is 14.5 Å². The number of aromatic nitrogens is 2. The molecule has 0 radical (unpaired) electrons. The topological polar surface area (TPSA) is 56.1 Å². The molecule has 23 heavy (non-hydrogen) atoms. The van der Waals surface area contributed by atoms with Gasteiger partial charge >= 0.3 is 0 Å². The highest BCUT2D eigenvalue weighted by Gasteiger charge is 2.11. The summed E-state index contributed by atoms with van der Waals surface area (Å²) in [6, 6.07) is 8.94. The number of hydrogen-bond acceptors (Lipinski definition) is 3. The maximum absolute atomic E-state index is 13.3. The van der Waals surface area contributed by atoms with Crippen molar-refractivity contribution in [3.05, 3.63) is 54.4 Å². The lowest BCUT2D eigenvalue weighted by atomic mass is 10.3. The summed E-state index contributed by atoms with van der Waals surface area (Å²) in [4.78, 5) is 16.1. The van der Waals surface area contributed by atoms with Gasteiger partial charge in [0.25, 0.3) is 0 Å². The number of halogens is 2. The number of amides is 1. The number of ether oxygens (including phenoxy) is 1. The summed E-state index contributed by atoms with van der Waals surface area (Å²) in [5, 5.41) is 2.71. The number of nitrogens with one attached hydrogen (secondary N) is 1. The second-order valence-corrected chi connectivity index (χ2v) is 4.91. The van der Waals surface area contributed by atoms with Crippen molar-refractivity contribution in [2.75, 3.05) is 12.4 Å². The van der Waals surface area contributed by atoms with E-state index in [1.54, 1.807) is 24.3 Å². The number of nitrogens with zero attached hydrogens (tertiary/aromatic N) is 2. The normalized spacial score (nSPS) is 10.7. The Morgan fingerprint density at radius 2 is 2.04 bits per heavy atom. The summed E-state index contributed by atoms with van der Waals surface area (Å²) in [7, 11) is 1.53. The zero-order valence-electron chi connectivity index (χ0n) is 12.2. The minimum atomic E-state index is -0.979. The summed E-state index contributed by atoms with van der Waals surface area (Å²) >= 11 is 0. The number of carbonyl (C=O) groups excluding carboxylic acids is 1. The number of hydrogen-bond donors (Lipinski definition) is 1. The molecule has 1 heterocycles. The molecule has 3 aromatic rings. The summed E-state index contributed by atoms with van der Waals surface area (Å²) in [5.41, 5.74) is 1.22. The highest BCUT2D eigenvalue weighted by Crippen LogP contribution is 2.19. The van der Waals surface area contributed by atoms with Crippen LogP contribution in [0.1, 0.15) is 0 Å². The number of anilines is 1. The Morgan fingerprint density at radius 1 is 1.26 bits per heavy atom. The third-order valence-corrected chi connectivity index (χ3v) is 3.33. The van der Waals surface area contributed by atoms with Gasteiger partial charge in [-0.25, -0.2) is 13.8 Å². The van der Waals surface area contributed by atoms with Crippen molar-refractivity contribution in [1.82, 2.24) is 9.55 Å². The van der Waals surface area contributed by atoms with Crippen LogP contribution in [0.5, 0.6) is 5.75 Å². The van der Waals surface area contributed by atoms with Gasteiger partial charge < -0.3 is 14.6 Å². The van der Waals surface area contributed by atoms with Crippen LogP contribution in [-0.2, 0) is 11.3 Å². The van der Waals surface area contributed by atoms with Crippen molar-refractivity contribution in [3.63, 3.8) is 0 Å². The number of benzene rings is 2. The van der Waals surface area contributed by atoms with Gasteiger partial charge in [-0.15, -0.1) is 0 Å². The van der Waals surface area contributed by atoms with Gasteiger partial charge in [-0.05, 0) is 12.1 Å². The Bertz CT molecular complexity index is 877. The fraction of sp³-hybridized carbons (Fsp3) is 0.125. The molecule has 0 aliphatic rings. The molecule has 118 valence electrons. The van der Waals surface area contributed by atoms with E-state index in [4.69, 9.17) is 4.74 Å². The van der Waals surface area contributed by atoms with Gasteiger partial charge in [-0.3, -0.25) is 4.79 Å². The first-order valence-corrected chi connectivity index (χ1v) is 6.80. The van der Waals surface area contributed by atoms with Crippen molar-refractivity contribution in [1.29, 1.82) is 0 Å². The van der Waals surface area contributed by atoms with E-state index in [0.29, 0.717) is 17.0 Å². The zero-order valence-corrected chi connectivity index (χ0v) is 12.2. The van der Waals surface area contributed by atoms with Crippen LogP contribution >= 0.6 is 0 Å². The number of imidazole rings is 1. The Morgan fingerprint density at radius 3 is 2.83 bits per heavy atom. The Hall–Kier alpha value is -2.96. The van der Waals surface area contributed by atoms with Crippen LogP contribution in [0.15, 0.2) is 42.7 Å². The first-order valence-electron chi connectivity index (χ1n) is 6.80. The molecule has 0 unspecified atom stereocenters. The lowest BCUT2D eigenvalue weighted by Gasteiger charge is -2.08. The molecule has 1 amide bonds. The lowest BCUT2D eigenvalue weighted by Crippen LogP contribution is -2.18. The molecule has 0 aliphatic carbocycles. The maximum atomic E-state index is 13.3. The van der Waals surface area contributed by atoms with Crippen LogP contribution in [0.25, 0.3) is 11.0 Å². The van der Waals surface area contributed by atoms with Gasteiger partial charge in [0.1, 0.15) is 12.3 Å². The van der Waals surface area contributed by atoms with Gasteiger partial charge in [0.2, 0.25) is 5.91 Å². The van der Waals surface area contributed by atoms with Crippen LogP contribution in [0, 0.1) is 11.6 Å².